The highest BCUT2D eigenvalue weighted by Gasteiger charge is 2.38. The summed E-state index contributed by atoms with van der Waals surface area (Å²) < 4.78 is 28.5. The van der Waals surface area contributed by atoms with Crippen LogP contribution < -0.4 is 14.8 Å². The average molecular weight is 575 g/mol. The van der Waals surface area contributed by atoms with E-state index in [0.29, 0.717) is 30.8 Å². The Kier molecular flexibility index (Phi) is 11.2. The van der Waals surface area contributed by atoms with Crippen LogP contribution in [0.25, 0.3) is 0 Å². The maximum atomic E-state index is 13.4. The van der Waals surface area contributed by atoms with E-state index in [1.165, 1.54) is 51.8 Å². The number of esters is 2. The van der Waals surface area contributed by atoms with Gasteiger partial charge < -0.3 is 29.0 Å². The van der Waals surface area contributed by atoms with Crippen LogP contribution in [0, 0.1) is 23.7 Å². The van der Waals surface area contributed by atoms with Crippen molar-refractivity contribution in [3.63, 3.8) is 0 Å². The summed E-state index contributed by atoms with van der Waals surface area (Å²) in [6, 6.07) is 0.692. The summed E-state index contributed by atoms with van der Waals surface area (Å²) in [6.07, 6.45) is 11.5. The third-order valence-electron chi connectivity index (χ3n) is 8.40. The maximum Gasteiger partial charge on any atom is 0.329 e. The number of rotatable bonds is 12. The molecule has 41 heavy (non-hydrogen) atoms. The highest BCUT2D eigenvalue weighted by Crippen LogP contribution is 2.37. The van der Waals surface area contributed by atoms with E-state index in [-0.39, 0.29) is 29.2 Å². The SMILES string of the molecule is COc1ccnc(C(=O)N[C@H]2CCC[C@H](CC3CCCC3)[C@@H](OCC3CC3)[C@H](C)OC2=O)c1OCOC(=O)C(C)C. The molecule has 0 radical (unpaired) electrons. The first kappa shape index (κ1) is 31.1. The van der Waals surface area contributed by atoms with Crippen molar-refractivity contribution in [1.29, 1.82) is 0 Å². The van der Waals surface area contributed by atoms with Crippen LogP contribution in [0.2, 0.25) is 0 Å². The lowest BCUT2D eigenvalue weighted by Gasteiger charge is -2.32. The topological polar surface area (TPSA) is 122 Å². The number of aromatic nitrogens is 1. The van der Waals surface area contributed by atoms with Gasteiger partial charge in [-0.25, -0.2) is 9.78 Å². The monoisotopic (exact) mass is 574 g/mol. The third-order valence-corrected chi connectivity index (χ3v) is 8.40. The fourth-order valence-corrected chi connectivity index (χ4v) is 5.87. The van der Waals surface area contributed by atoms with Crippen LogP contribution in [0.4, 0.5) is 0 Å². The number of cyclic esters (lactones) is 1. The molecule has 1 amide bonds. The van der Waals surface area contributed by atoms with Crippen molar-refractivity contribution < 1.29 is 38.1 Å². The molecule has 0 spiro atoms. The Hall–Kier alpha value is -2.88. The van der Waals surface area contributed by atoms with Gasteiger partial charge >= 0.3 is 11.9 Å². The van der Waals surface area contributed by atoms with Crippen molar-refractivity contribution in [3.05, 3.63) is 18.0 Å². The van der Waals surface area contributed by atoms with Gasteiger partial charge in [0.2, 0.25) is 6.79 Å². The van der Waals surface area contributed by atoms with Crippen molar-refractivity contribution in [2.24, 2.45) is 23.7 Å². The zero-order valence-corrected chi connectivity index (χ0v) is 24.9. The van der Waals surface area contributed by atoms with E-state index < -0.39 is 36.8 Å². The Morgan fingerprint density at radius 2 is 1.83 bits per heavy atom. The van der Waals surface area contributed by atoms with Gasteiger partial charge in [0.15, 0.2) is 17.2 Å². The molecule has 4 atom stereocenters. The van der Waals surface area contributed by atoms with Gasteiger partial charge in [0.1, 0.15) is 12.1 Å². The van der Waals surface area contributed by atoms with E-state index in [0.717, 1.165) is 19.3 Å². The summed E-state index contributed by atoms with van der Waals surface area (Å²) >= 11 is 0. The second-order valence-corrected chi connectivity index (χ2v) is 12.1. The quantitative estimate of drug-likeness (QED) is 0.276. The van der Waals surface area contributed by atoms with Gasteiger partial charge in [-0.2, -0.15) is 0 Å². The van der Waals surface area contributed by atoms with Gasteiger partial charge in [-0.15, -0.1) is 0 Å². The molecule has 1 aliphatic heterocycles. The Balaban J connectivity index is 1.45. The molecule has 1 N–H and O–H groups in total. The molecule has 2 aliphatic carbocycles. The minimum Gasteiger partial charge on any atom is -0.493 e. The molecule has 1 saturated heterocycles. The van der Waals surface area contributed by atoms with Crippen molar-refractivity contribution in [2.45, 2.75) is 103 Å². The number of nitrogens with zero attached hydrogens (tertiary/aromatic N) is 1. The molecular formula is C31H46N2O8. The first-order valence-electron chi connectivity index (χ1n) is 15.2. The summed E-state index contributed by atoms with van der Waals surface area (Å²) in [6.45, 7) is 5.63. The zero-order valence-electron chi connectivity index (χ0n) is 24.9. The predicted octanol–water partition coefficient (Wildman–Crippen LogP) is 4.83. The van der Waals surface area contributed by atoms with Crippen molar-refractivity contribution >= 4 is 17.8 Å². The summed E-state index contributed by atoms with van der Waals surface area (Å²) in [5, 5.41) is 2.81. The van der Waals surface area contributed by atoms with Gasteiger partial charge in [-0.05, 0) is 56.8 Å². The van der Waals surface area contributed by atoms with E-state index in [1.807, 2.05) is 6.92 Å². The first-order chi connectivity index (χ1) is 19.8. The molecule has 1 aromatic heterocycles. The zero-order chi connectivity index (χ0) is 29.4. The highest BCUT2D eigenvalue weighted by molar-refractivity contribution is 5.98. The number of carbonyl (C=O) groups is 3. The number of ether oxygens (including phenoxy) is 5. The molecule has 0 aromatic carbocycles. The normalized spacial score (nSPS) is 25.5. The largest absolute Gasteiger partial charge is 0.493 e. The molecule has 10 nitrogen and oxygen atoms in total. The number of amides is 1. The number of pyridine rings is 1. The fraction of sp³-hybridized carbons (Fsp3) is 0.742. The molecule has 10 heteroatoms. The summed E-state index contributed by atoms with van der Waals surface area (Å²) in [5.74, 6) is 0.0467. The van der Waals surface area contributed by atoms with E-state index in [2.05, 4.69) is 10.3 Å². The van der Waals surface area contributed by atoms with Crippen LogP contribution in [-0.2, 0) is 23.8 Å². The number of methoxy groups -OCH3 is 1. The van der Waals surface area contributed by atoms with Crippen LogP contribution >= 0.6 is 0 Å². The van der Waals surface area contributed by atoms with E-state index in [1.54, 1.807) is 19.9 Å². The number of hydrogen-bond acceptors (Lipinski definition) is 9. The van der Waals surface area contributed by atoms with Crippen LogP contribution in [0.15, 0.2) is 12.3 Å². The molecule has 3 fully saturated rings. The standard InChI is InChI=1S/C31H46N2O8/c1-19(2)30(35)40-18-39-28-25(37-4)14-15-32-26(28)29(34)33-24-11-7-10-23(16-21-8-5-6-9-21)27(20(3)41-31(24)36)38-17-22-12-13-22/h14-15,19-24,27H,5-13,16-18H2,1-4H3,(H,33,34)/t20-,23+,24-,27-/m0/s1. The van der Waals surface area contributed by atoms with E-state index in [9.17, 15) is 14.4 Å². The maximum absolute atomic E-state index is 13.4. The number of nitrogens with one attached hydrogen (secondary N) is 1. The third kappa shape index (κ3) is 8.80. The number of hydrogen-bond donors (Lipinski definition) is 1. The average Bonchev–Trinajstić information content (AvgIpc) is 3.63. The molecule has 0 unspecified atom stereocenters. The van der Waals surface area contributed by atoms with Gasteiger partial charge in [-0.1, -0.05) is 46.0 Å². The Labute approximate surface area is 243 Å². The molecule has 0 bridgehead atoms. The molecule has 2 heterocycles. The lowest BCUT2D eigenvalue weighted by Crippen LogP contribution is -2.44. The van der Waals surface area contributed by atoms with Gasteiger partial charge in [0, 0.05) is 18.9 Å². The smallest absolute Gasteiger partial charge is 0.329 e. The summed E-state index contributed by atoms with van der Waals surface area (Å²) in [4.78, 5) is 42.8. The molecule has 1 aromatic rings. The summed E-state index contributed by atoms with van der Waals surface area (Å²) in [7, 11) is 1.44. The summed E-state index contributed by atoms with van der Waals surface area (Å²) in [5.41, 5.74) is -0.0737. The Bertz CT molecular complexity index is 1040. The second kappa shape index (κ2) is 14.8. The van der Waals surface area contributed by atoms with Crippen LogP contribution in [0.1, 0.15) is 95.5 Å². The van der Waals surface area contributed by atoms with Crippen LogP contribution in [-0.4, -0.2) is 61.6 Å². The highest BCUT2D eigenvalue weighted by atomic mass is 16.7. The first-order valence-corrected chi connectivity index (χ1v) is 15.2. The lowest BCUT2D eigenvalue weighted by molar-refractivity contribution is -0.161. The van der Waals surface area contributed by atoms with Crippen molar-refractivity contribution in [1.82, 2.24) is 10.3 Å². The number of carbonyl (C=O) groups excluding carboxylic acids is 3. The Morgan fingerprint density at radius 1 is 1.07 bits per heavy atom. The molecule has 4 rings (SSSR count). The molecule has 3 aliphatic rings. The van der Waals surface area contributed by atoms with E-state index in [4.69, 9.17) is 23.7 Å². The minimum absolute atomic E-state index is 0.0269. The van der Waals surface area contributed by atoms with Crippen molar-refractivity contribution in [2.75, 3.05) is 20.5 Å². The second-order valence-electron chi connectivity index (χ2n) is 12.1. The van der Waals surface area contributed by atoms with Crippen LogP contribution in [0.3, 0.4) is 0 Å². The van der Waals surface area contributed by atoms with Crippen LogP contribution in [0.5, 0.6) is 11.5 Å². The molecule has 2 saturated carbocycles. The minimum atomic E-state index is -0.848. The van der Waals surface area contributed by atoms with Gasteiger partial charge in [0.05, 0.1) is 19.1 Å². The van der Waals surface area contributed by atoms with Gasteiger partial charge in [-0.3, -0.25) is 9.59 Å². The van der Waals surface area contributed by atoms with Gasteiger partial charge in [0.25, 0.3) is 5.91 Å². The molecule has 228 valence electrons. The fourth-order valence-electron chi connectivity index (χ4n) is 5.87. The van der Waals surface area contributed by atoms with Crippen molar-refractivity contribution in [3.8, 4) is 11.5 Å². The van der Waals surface area contributed by atoms with E-state index >= 15 is 0 Å². The lowest BCUT2D eigenvalue weighted by atomic mass is 9.83. The molecular weight excluding hydrogens is 528 g/mol. The predicted molar refractivity (Wildman–Crippen MR) is 150 cm³/mol. The Morgan fingerprint density at radius 3 is 2.51 bits per heavy atom.